The molecule has 2 fully saturated rings. The summed E-state index contributed by atoms with van der Waals surface area (Å²) in [7, 11) is 0. The Balaban J connectivity index is 2.26. The summed E-state index contributed by atoms with van der Waals surface area (Å²) < 4.78 is 13.0. The second-order valence-corrected chi connectivity index (χ2v) is 8.99. The van der Waals surface area contributed by atoms with E-state index in [0.29, 0.717) is 5.92 Å². The predicted molar refractivity (Wildman–Crippen MR) is 83.6 cm³/mol. The molecule has 20 heavy (non-hydrogen) atoms. The van der Waals surface area contributed by atoms with Gasteiger partial charge in [0.05, 0.1) is 11.2 Å². The van der Waals surface area contributed by atoms with E-state index < -0.39 is 0 Å². The Labute approximate surface area is 125 Å². The van der Waals surface area contributed by atoms with Gasteiger partial charge in [0.15, 0.2) is 6.29 Å². The van der Waals surface area contributed by atoms with Crippen LogP contribution in [0.4, 0.5) is 0 Å². The summed E-state index contributed by atoms with van der Waals surface area (Å²) in [6, 6.07) is 0. The summed E-state index contributed by atoms with van der Waals surface area (Å²) >= 11 is 0. The average Bonchev–Trinajstić information content (AvgIpc) is 2.80. The number of hydrogen-bond acceptors (Lipinski definition) is 2. The molecular weight excluding hydrogens is 248 g/mol. The summed E-state index contributed by atoms with van der Waals surface area (Å²) in [4.78, 5) is 0. The second kappa shape index (κ2) is 4.71. The van der Waals surface area contributed by atoms with E-state index in [9.17, 15) is 0 Å². The summed E-state index contributed by atoms with van der Waals surface area (Å²) in [5.41, 5.74) is 0.223. The van der Waals surface area contributed by atoms with Crippen LogP contribution in [0.5, 0.6) is 0 Å². The fraction of sp³-hybridized carbons (Fsp3) is 1.00. The van der Waals surface area contributed by atoms with Crippen LogP contribution in [0.3, 0.4) is 0 Å². The normalized spacial score (nSPS) is 32.4. The highest BCUT2D eigenvalue weighted by Gasteiger charge is 2.63. The van der Waals surface area contributed by atoms with Crippen LogP contribution in [0.15, 0.2) is 0 Å². The van der Waals surface area contributed by atoms with E-state index in [0.717, 1.165) is 19.3 Å². The lowest BCUT2D eigenvalue weighted by Crippen LogP contribution is -2.54. The highest BCUT2D eigenvalue weighted by atomic mass is 16.7. The Morgan fingerprint density at radius 3 is 1.70 bits per heavy atom. The smallest absolute Gasteiger partial charge is 0.162 e. The Hall–Kier alpha value is -0.0800. The zero-order valence-corrected chi connectivity index (χ0v) is 14.8. The predicted octanol–water partition coefficient (Wildman–Crippen LogP) is 5.16. The minimum Gasteiger partial charge on any atom is -0.346 e. The van der Waals surface area contributed by atoms with Crippen molar-refractivity contribution in [3.63, 3.8) is 0 Å². The fourth-order valence-corrected chi connectivity index (χ4v) is 4.67. The molecule has 0 unspecified atom stereocenters. The second-order valence-electron chi connectivity index (χ2n) is 8.99. The largest absolute Gasteiger partial charge is 0.346 e. The maximum absolute atomic E-state index is 6.64. The zero-order valence-electron chi connectivity index (χ0n) is 14.8. The molecule has 0 amide bonds. The molecule has 0 radical (unpaired) electrons. The molecule has 0 aliphatic carbocycles. The molecule has 2 heterocycles. The highest BCUT2D eigenvalue weighted by Crippen LogP contribution is 2.60. The molecule has 2 atom stereocenters. The standard InChI is InChI=1S/C18H34O2/c1-9-17(10-2)11-13-12-18(15(3,4)5,16(6,7)8)20-14(13)19-17/h13-14H,9-12H2,1-8H3/t13-,14+/m1/s1. The maximum Gasteiger partial charge on any atom is 0.162 e. The molecular formula is C18H34O2. The first-order valence-electron chi connectivity index (χ1n) is 8.36. The summed E-state index contributed by atoms with van der Waals surface area (Å²) in [5.74, 6) is 0.563. The van der Waals surface area contributed by atoms with Crippen molar-refractivity contribution < 1.29 is 9.47 Å². The Morgan fingerprint density at radius 2 is 1.35 bits per heavy atom. The molecule has 0 bridgehead atoms. The van der Waals surface area contributed by atoms with Crippen LogP contribution in [0.2, 0.25) is 0 Å². The van der Waals surface area contributed by atoms with Crippen molar-refractivity contribution in [3.05, 3.63) is 0 Å². The van der Waals surface area contributed by atoms with Crippen molar-refractivity contribution >= 4 is 0 Å². The summed E-state index contributed by atoms with van der Waals surface area (Å²) in [6.07, 6.45) is 4.49. The number of ether oxygens (including phenoxy) is 2. The Bertz CT molecular complexity index is 323. The van der Waals surface area contributed by atoms with E-state index in [1.807, 2.05) is 0 Å². The van der Waals surface area contributed by atoms with Crippen LogP contribution in [0.25, 0.3) is 0 Å². The lowest BCUT2D eigenvalue weighted by Gasteiger charge is -2.51. The van der Waals surface area contributed by atoms with Gasteiger partial charge in [-0.1, -0.05) is 55.4 Å². The van der Waals surface area contributed by atoms with Crippen LogP contribution < -0.4 is 0 Å². The molecule has 0 aromatic rings. The number of fused-ring (bicyclic) bond motifs is 1. The Kier molecular flexibility index (Phi) is 3.84. The molecule has 0 spiro atoms. The van der Waals surface area contributed by atoms with E-state index in [-0.39, 0.29) is 28.3 Å². The molecule has 2 aliphatic heterocycles. The SMILES string of the molecule is CCC1(CC)C[C@@H]2CC(C(C)(C)C)(C(C)(C)C)O[C@@H]2O1. The van der Waals surface area contributed by atoms with Crippen molar-refractivity contribution in [2.45, 2.75) is 98.6 Å². The van der Waals surface area contributed by atoms with Gasteiger partial charge >= 0.3 is 0 Å². The van der Waals surface area contributed by atoms with E-state index in [1.54, 1.807) is 0 Å². The van der Waals surface area contributed by atoms with Crippen molar-refractivity contribution in [1.29, 1.82) is 0 Å². The van der Waals surface area contributed by atoms with Crippen molar-refractivity contribution in [3.8, 4) is 0 Å². The molecule has 2 aliphatic rings. The van der Waals surface area contributed by atoms with Gasteiger partial charge in [0, 0.05) is 5.92 Å². The average molecular weight is 282 g/mol. The van der Waals surface area contributed by atoms with Crippen molar-refractivity contribution in [1.82, 2.24) is 0 Å². The van der Waals surface area contributed by atoms with Gasteiger partial charge < -0.3 is 9.47 Å². The van der Waals surface area contributed by atoms with E-state index in [1.165, 1.54) is 6.42 Å². The van der Waals surface area contributed by atoms with Gasteiger partial charge in [0.1, 0.15) is 0 Å². The summed E-state index contributed by atoms with van der Waals surface area (Å²) in [6.45, 7) is 18.4. The van der Waals surface area contributed by atoms with Gasteiger partial charge in [-0.3, -0.25) is 0 Å². The molecule has 2 rings (SSSR count). The quantitative estimate of drug-likeness (QED) is 0.696. The van der Waals surface area contributed by atoms with Crippen LogP contribution >= 0.6 is 0 Å². The first-order valence-corrected chi connectivity index (χ1v) is 8.36. The van der Waals surface area contributed by atoms with Crippen molar-refractivity contribution in [2.24, 2.45) is 16.7 Å². The lowest BCUT2D eigenvalue weighted by molar-refractivity contribution is -0.252. The molecule has 0 aromatic heterocycles. The third-order valence-corrected chi connectivity index (χ3v) is 5.96. The van der Waals surface area contributed by atoms with Gasteiger partial charge in [0.2, 0.25) is 0 Å². The number of hydrogen-bond donors (Lipinski definition) is 0. The minimum atomic E-state index is -0.0943. The molecule has 2 saturated heterocycles. The summed E-state index contributed by atoms with van der Waals surface area (Å²) in [5, 5.41) is 0. The molecule has 0 saturated carbocycles. The van der Waals surface area contributed by atoms with E-state index >= 15 is 0 Å². The third-order valence-electron chi connectivity index (χ3n) is 5.96. The van der Waals surface area contributed by atoms with Crippen LogP contribution in [-0.4, -0.2) is 17.5 Å². The molecule has 118 valence electrons. The highest BCUT2D eigenvalue weighted by molar-refractivity contribution is 5.09. The topological polar surface area (TPSA) is 18.5 Å². The fourth-order valence-electron chi connectivity index (χ4n) is 4.67. The Morgan fingerprint density at radius 1 is 0.850 bits per heavy atom. The lowest BCUT2D eigenvalue weighted by atomic mass is 9.60. The van der Waals surface area contributed by atoms with Crippen LogP contribution in [0, 0.1) is 16.7 Å². The van der Waals surface area contributed by atoms with E-state index in [2.05, 4.69) is 55.4 Å². The van der Waals surface area contributed by atoms with Gasteiger partial charge in [0.25, 0.3) is 0 Å². The van der Waals surface area contributed by atoms with Gasteiger partial charge in [-0.15, -0.1) is 0 Å². The van der Waals surface area contributed by atoms with E-state index in [4.69, 9.17) is 9.47 Å². The van der Waals surface area contributed by atoms with Gasteiger partial charge in [-0.2, -0.15) is 0 Å². The maximum atomic E-state index is 6.64. The zero-order chi connectivity index (χ0) is 15.4. The molecule has 0 aromatic carbocycles. The van der Waals surface area contributed by atoms with Crippen LogP contribution in [-0.2, 0) is 9.47 Å². The number of rotatable bonds is 2. The molecule has 0 N–H and O–H groups in total. The molecule has 2 nitrogen and oxygen atoms in total. The third kappa shape index (κ3) is 2.23. The van der Waals surface area contributed by atoms with Crippen molar-refractivity contribution in [2.75, 3.05) is 0 Å². The molecule has 2 heteroatoms. The first-order chi connectivity index (χ1) is 9.00. The van der Waals surface area contributed by atoms with Crippen LogP contribution in [0.1, 0.15) is 81.1 Å². The van der Waals surface area contributed by atoms with Gasteiger partial charge in [-0.25, -0.2) is 0 Å². The monoisotopic (exact) mass is 282 g/mol. The minimum absolute atomic E-state index is 0.00773. The van der Waals surface area contributed by atoms with Gasteiger partial charge in [-0.05, 0) is 36.5 Å². The first kappa shape index (κ1) is 16.3.